The normalized spacial score (nSPS) is 11.7. The molecule has 0 bridgehead atoms. The molecule has 2 rings (SSSR count). The topological polar surface area (TPSA) is 114 Å². The lowest BCUT2D eigenvalue weighted by Gasteiger charge is -2.11. The van der Waals surface area contributed by atoms with E-state index in [1.807, 2.05) is 0 Å². The predicted octanol–water partition coefficient (Wildman–Crippen LogP) is 0.936. The molecule has 0 spiro atoms. The van der Waals surface area contributed by atoms with Gasteiger partial charge in [0.15, 0.2) is 0 Å². The molecule has 0 saturated heterocycles. The van der Waals surface area contributed by atoms with Crippen LogP contribution in [0.5, 0.6) is 0 Å². The van der Waals surface area contributed by atoms with Crippen molar-refractivity contribution in [2.75, 3.05) is 5.73 Å². The molecule has 0 unspecified atom stereocenters. The number of aromatic amines is 1. The number of hydrogen-bond acceptors (Lipinski definition) is 5. The molecule has 1 aromatic heterocycles. The van der Waals surface area contributed by atoms with E-state index in [1.54, 1.807) is 13.0 Å². The van der Waals surface area contributed by atoms with Gasteiger partial charge in [-0.05, 0) is 24.6 Å². The first kappa shape index (κ1) is 14.0. The van der Waals surface area contributed by atoms with Crippen molar-refractivity contribution in [1.82, 2.24) is 19.9 Å². The van der Waals surface area contributed by atoms with Gasteiger partial charge in [0.05, 0.1) is 11.4 Å². The fourth-order valence-electron chi connectivity index (χ4n) is 1.51. The van der Waals surface area contributed by atoms with E-state index in [9.17, 15) is 8.42 Å². The average Bonchev–Trinajstić information content (AvgIpc) is 2.84. The first-order chi connectivity index (χ1) is 8.90. The van der Waals surface area contributed by atoms with Gasteiger partial charge in [-0.3, -0.25) is 5.10 Å². The Labute approximate surface area is 118 Å². The van der Waals surface area contributed by atoms with Gasteiger partial charge in [-0.25, -0.2) is 18.1 Å². The van der Waals surface area contributed by atoms with Crippen LogP contribution in [0.4, 0.5) is 5.69 Å². The summed E-state index contributed by atoms with van der Waals surface area (Å²) in [7, 11) is -3.66. The van der Waals surface area contributed by atoms with Crippen LogP contribution in [0.15, 0.2) is 27.8 Å². The minimum Gasteiger partial charge on any atom is -0.398 e. The fraction of sp³-hybridized carbons (Fsp3) is 0.200. The summed E-state index contributed by atoms with van der Waals surface area (Å²) in [6.45, 7) is 1.69. The van der Waals surface area contributed by atoms with Gasteiger partial charge in [-0.1, -0.05) is 15.9 Å². The van der Waals surface area contributed by atoms with Gasteiger partial charge in [-0.2, -0.15) is 5.10 Å². The van der Waals surface area contributed by atoms with Crippen molar-refractivity contribution in [1.29, 1.82) is 0 Å². The number of anilines is 1. The summed E-state index contributed by atoms with van der Waals surface area (Å²) in [4.78, 5) is 3.98. The Hall–Kier alpha value is -1.45. The number of nitrogens with two attached hydrogens (primary N) is 1. The molecule has 0 fully saturated rings. The molecule has 0 saturated carbocycles. The fourth-order valence-corrected chi connectivity index (χ4v) is 3.42. The molecule has 1 heterocycles. The minimum atomic E-state index is -3.66. The summed E-state index contributed by atoms with van der Waals surface area (Å²) >= 11 is 3.23. The van der Waals surface area contributed by atoms with E-state index in [-0.39, 0.29) is 11.4 Å². The third-order valence-electron chi connectivity index (χ3n) is 2.55. The maximum absolute atomic E-state index is 12.2. The molecule has 9 heteroatoms. The lowest BCUT2D eigenvalue weighted by molar-refractivity contribution is 0.578. The highest BCUT2D eigenvalue weighted by atomic mass is 79.9. The van der Waals surface area contributed by atoms with Crippen molar-refractivity contribution >= 4 is 31.6 Å². The second kappa shape index (κ2) is 5.27. The molecule has 0 amide bonds. The monoisotopic (exact) mass is 345 g/mol. The van der Waals surface area contributed by atoms with Crippen LogP contribution in [0.2, 0.25) is 0 Å². The van der Waals surface area contributed by atoms with Crippen LogP contribution in [0.3, 0.4) is 0 Å². The molecule has 0 aliphatic rings. The van der Waals surface area contributed by atoms with Gasteiger partial charge in [0, 0.05) is 10.2 Å². The van der Waals surface area contributed by atoms with Gasteiger partial charge >= 0.3 is 0 Å². The van der Waals surface area contributed by atoms with Crippen molar-refractivity contribution < 1.29 is 8.42 Å². The van der Waals surface area contributed by atoms with Crippen molar-refractivity contribution in [2.45, 2.75) is 18.4 Å². The number of benzene rings is 1. The van der Waals surface area contributed by atoms with Crippen molar-refractivity contribution in [2.24, 2.45) is 0 Å². The first-order valence-corrected chi connectivity index (χ1v) is 7.57. The molecule has 0 atom stereocenters. The second-order valence-corrected chi connectivity index (χ2v) is 6.53. The Morgan fingerprint density at radius 2 is 2.21 bits per heavy atom. The summed E-state index contributed by atoms with van der Waals surface area (Å²) in [6, 6.07) is 3.17. The number of hydrogen-bond donors (Lipinski definition) is 3. The molecule has 102 valence electrons. The zero-order chi connectivity index (χ0) is 14.0. The number of halogens is 1. The lowest BCUT2D eigenvalue weighted by Crippen LogP contribution is -2.25. The Morgan fingerprint density at radius 1 is 1.47 bits per heavy atom. The molecule has 0 aliphatic heterocycles. The van der Waals surface area contributed by atoms with Crippen LogP contribution < -0.4 is 10.5 Å². The zero-order valence-electron chi connectivity index (χ0n) is 10.0. The average molecular weight is 346 g/mol. The summed E-state index contributed by atoms with van der Waals surface area (Å²) in [5, 5.41) is 6.22. The maximum atomic E-state index is 12.2. The molecule has 4 N–H and O–H groups in total. The second-order valence-electron chi connectivity index (χ2n) is 3.87. The number of nitrogens with one attached hydrogen (secondary N) is 2. The quantitative estimate of drug-likeness (QED) is 0.713. The minimum absolute atomic E-state index is 0.0359. The number of aromatic nitrogens is 3. The summed E-state index contributed by atoms with van der Waals surface area (Å²) in [5.41, 5.74) is 6.68. The van der Waals surface area contributed by atoms with Crippen LogP contribution in [0, 0.1) is 6.92 Å². The van der Waals surface area contributed by atoms with E-state index in [4.69, 9.17) is 5.73 Å². The highest BCUT2D eigenvalue weighted by molar-refractivity contribution is 9.10. The third kappa shape index (κ3) is 3.11. The van der Waals surface area contributed by atoms with Crippen LogP contribution in [0.1, 0.15) is 11.4 Å². The van der Waals surface area contributed by atoms with E-state index in [2.05, 4.69) is 35.8 Å². The summed E-state index contributed by atoms with van der Waals surface area (Å²) in [5.74, 6) is 0.434. The molecule has 0 aliphatic carbocycles. The molecule has 1 aromatic carbocycles. The molecule has 7 nitrogen and oxygen atoms in total. The van der Waals surface area contributed by atoms with Crippen molar-refractivity contribution in [3.63, 3.8) is 0 Å². The van der Waals surface area contributed by atoms with Gasteiger partial charge < -0.3 is 5.73 Å². The predicted molar refractivity (Wildman–Crippen MR) is 73.7 cm³/mol. The lowest BCUT2D eigenvalue weighted by atomic mass is 10.2. The van der Waals surface area contributed by atoms with E-state index >= 15 is 0 Å². The van der Waals surface area contributed by atoms with E-state index < -0.39 is 10.0 Å². The Kier molecular flexibility index (Phi) is 3.88. The van der Waals surface area contributed by atoms with Crippen molar-refractivity contribution in [3.05, 3.63) is 34.3 Å². The number of H-pyrrole nitrogens is 1. The smallest absolute Gasteiger partial charge is 0.241 e. The number of sulfonamides is 1. The van der Waals surface area contributed by atoms with Crippen LogP contribution in [-0.2, 0) is 16.6 Å². The Bertz CT molecular complexity index is 684. The SMILES string of the molecule is Cc1c(N)cc(Br)cc1S(=O)(=O)NCc1ncn[nH]1. The number of nitrogens with zero attached hydrogens (tertiary/aromatic N) is 2. The maximum Gasteiger partial charge on any atom is 0.241 e. The third-order valence-corrected chi connectivity index (χ3v) is 4.53. The van der Waals surface area contributed by atoms with Gasteiger partial charge in [0.1, 0.15) is 12.2 Å². The largest absolute Gasteiger partial charge is 0.398 e. The molecule has 19 heavy (non-hydrogen) atoms. The molecule has 0 radical (unpaired) electrons. The summed E-state index contributed by atoms with van der Waals surface area (Å²) < 4.78 is 27.4. The van der Waals surface area contributed by atoms with Crippen LogP contribution >= 0.6 is 15.9 Å². The summed E-state index contributed by atoms with van der Waals surface area (Å²) in [6.07, 6.45) is 1.31. The Balaban J connectivity index is 2.29. The zero-order valence-corrected chi connectivity index (χ0v) is 12.4. The van der Waals surface area contributed by atoms with Gasteiger partial charge in [0.25, 0.3) is 0 Å². The Morgan fingerprint density at radius 3 is 2.84 bits per heavy atom. The number of rotatable bonds is 4. The van der Waals surface area contributed by atoms with Crippen LogP contribution in [-0.4, -0.2) is 23.6 Å². The van der Waals surface area contributed by atoms with E-state index in [0.29, 0.717) is 21.5 Å². The first-order valence-electron chi connectivity index (χ1n) is 5.29. The molecular formula is C10H12BrN5O2S. The van der Waals surface area contributed by atoms with Gasteiger partial charge in [-0.15, -0.1) is 0 Å². The van der Waals surface area contributed by atoms with E-state index in [0.717, 1.165) is 0 Å². The number of nitrogen functional groups attached to an aromatic ring is 1. The highest BCUT2D eigenvalue weighted by Gasteiger charge is 2.19. The van der Waals surface area contributed by atoms with E-state index in [1.165, 1.54) is 12.4 Å². The molecule has 2 aromatic rings. The van der Waals surface area contributed by atoms with Crippen molar-refractivity contribution in [3.8, 4) is 0 Å². The standard InChI is InChI=1S/C10H12BrN5O2S/c1-6-8(12)2-7(11)3-9(6)19(17,18)15-4-10-13-5-14-16-10/h2-3,5,15H,4,12H2,1H3,(H,13,14,16). The van der Waals surface area contributed by atoms with Gasteiger partial charge in [0.2, 0.25) is 10.0 Å². The molecular weight excluding hydrogens is 334 g/mol. The highest BCUT2D eigenvalue weighted by Crippen LogP contribution is 2.26. The van der Waals surface area contributed by atoms with Crippen LogP contribution in [0.25, 0.3) is 0 Å².